The van der Waals surface area contributed by atoms with Crippen LogP contribution in [0.5, 0.6) is 0 Å². The number of nitrogens with zero attached hydrogens (tertiary/aromatic N) is 1. The Bertz CT molecular complexity index is 901. The summed E-state index contributed by atoms with van der Waals surface area (Å²) in [6, 6.07) is 17.2. The summed E-state index contributed by atoms with van der Waals surface area (Å²) in [6.45, 7) is 2.41. The third-order valence-electron chi connectivity index (χ3n) is 4.86. The summed E-state index contributed by atoms with van der Waals surface area (Å²) in [6.07, 6.45) is 1.25. The first-order valence-electron chi connectivity index (χ1n) is 9.53. The lowest BCUT2D eigenvalue weighted by Gasteiger charge is -2.34. The van der Waals surface area contributed by atoms with Crippen molar-refractivity contribution < 1.29 is 13.2 Å². The van der Waals surface area contributed by atoms with Crippen molar-refractivity contribution in [1.82, 2.24) is 9.62 Å². The molecular weight excluding hydrogens is 392 g/mol. The summed E-state index contributed by atoms with van der Waals surface area (Å²) in [5.41, 5.74) is 2.02. The molecule has 0 bridgehead atoms. The van der Waals surface area contributed by atoms with E-state index in [9.17, 15) is 13.2 Å². The van der Waals surface area contributed by atoms with Crippen LogP contribution in [0, 0.1) is 0 Å². The topological polar surface area (TPSA) is 66.5 Å². The van der Waals surface area contributed by atoms with Crippen molar-refractivity contribution in [2.24, 2.45) is 0 Å². The van der Waals surface area contributed by atoms with E-state index in [4.69, 9.17) is 0 Å². The molecule has 2 aromatic carbocycles. The maximum atomic E-state index is 12.8. The van der Waals surface area contributed by atoms with Gasteiger partial charge in [0.1, 0.15) is 6.04 Å². The molecule has 0 fully saturated rings. The number of rotatable bonds is 8. The van der Waals surface area contributed by atoms with Crippen LogP contribution in [0.3, 0.4) is 0 Å². The number of amides is 1. The number of sulfonamides is 1. The number of carbonyl (C=O) groups excluding carboxylic acids is 1. The summed E-state index contributed by atoms with van der Waals surface area (Å²) < 4.78 is 26.5. The zero-order valence-electron chi connectivity index (χ0n) is 16.0. The number of benzene rings is 2. The quantitative estimate of drug-likeness (QED) is 0.529. The lowest BCUT2D eigenvalue weighted by molar-refractivity contribution is -0.125. The van der Waals surface area contributed by atoms with Crippen LogP contribution in [0.4, 0.5) is 0 Å². The van der Waals surface area contributed by atoms with E-state index in [0.29, 0.717) is 13.0 Å². The van der Waals surface area contributed by atoms with Gasteiger partial charge >= 0.3 is 0 Å². The Hall–Kier alpha value is -1.83. The van der Waals surface area contributed by atoms with Gasteiger partial charge < -0.3 is 5.32 Å². The van der Waals surface area contributed by atoms with Gasteiger partial charge in [-0.25, -0.2) is 8.42 Å². The maximum Gasteiger partial charge on any atom is 0.238 e. The standard InChI is InChI=1S/C21H26N2O3S2/c1-2-28(25,26)23-16-18-10-7-6-9-17(18)15-20(23)21(24)22-13-8-14-27-19-11-4-3-5-12-19/h3-7,9-12,20H,2,8,13-16H2,1H3,(H,22,24)/t20-/m0/s1. The lowest BCUT2D eigenvalue weighted by Crippen LogP contribution is -2.53. The molecule has 1 aliphatic rings. The van der Waals surface area contributed by atoms with Crippen molar-refractivity contribution in [1.29, 1.82) is 0 Å². The summed E-state index contributed by atoms with van der Waals surface area (Å²) in [4.78, 5) is 14.0. The highest BCUT2D eigenvalue weighted by atomic mass is 32.2. The van der Waals surface area contributed by atoms with E-state index in [0.717, 1.165) is 23.3 Å². The minimum Gasteiger partial charge on any atom is -0.355 e. The molecule has 0 radical (unpaired) electrons. The first-order chi connectivity index (χ1) is 13.5. The molecule has 1 heterocycles. The molecule has 28 heavy (non-hydrogen) atoms. The van der Waals surface area contributed by atoms with E-state index in [1.807, 2.05) is 42.5 Å². The Morgan fingerprint density at radius 2 is 1.79 bits per heavy atom. The highest BCUT2D eigenvalue weighted by molar-refractivity contribution is 7.99. The van der Waals surface area contributed by atoms with Crippen molar-refractivity contribution in [2.75, 3.05) is 18.1 Å². The Labute approximate surface area is 171 Å². The van der Waals surface area contributed by atoms with Crippen molar-refractivity contribution in [3.05, 3.63) is 65.7 Å². The number of thioether (sulfide) groups is 1. The fourth-order valence-electron chi connectivity index (χ4n) is 3.29. The predicted molar refractivity (Wildman–Crippen MR) is 114 cm³/mol. The molecule has 0 aromatic heterocycles. The van der Waals surface area contributed by atoms with E-state index >= 15 is 0 Å². The van der Waals surface area contributed by atoms with Crippen LogP contribution in [0.1, 0.15) is 24.5 Å². The minimum atomic E-state index is -3.46. The van der Waals surface area contributed by atoms with Crippen LogP contribution in [-0.4, -0.2) is 42.7 Å². The van der Waals surface area contributed by atoms with Crippen LogP contribution in [0.25, 0.3) is 0 Å². The van der Waals surface area contributed by atoms with E-state index < -0.39 is 16.1 Å². The number of carbonyl (C=O) groups is 1. The van der Waals surface area contributed by atoms with Gasteiger partial charge in [-0.2, -0.15) is 4.31 Å². The average Bonchev–Trinajstić information content (AvgIpc) is 2.73. The Kier molecular flexibility index (Phi) is 7.15. The van der Waals surface area contributed by atoms with Crippen molar-refractivity contribution >= 4 is 27.7 Å². The smallest absolute Gasteiger partial charge is 0.238 e. The zero-order valence-corrected chi connectivity index (χ0v) is 17.6. The van der Waals surface area contributed by atoms with Crippen molar-refractivity contribution in [3.63, 3.8) is 0 Å². The summed E-state index contributed by atoms with van der Waals surface area (Å²) in [5, 5.41) is 2.94. The fourth-order valence-corrected chi connectivity index (χ4v) is 5.39. The predicted octanol–water partition coefficient (Wildman–Crippen LogP) is 3.06. The van der Waals surface area contributed by atoms with Crippen LogP contribution >= 0.6 is 11.8 Å². The number of hydrogen-bond acceptors (Lipinski definition) is 4. The fraction of sp³-hybridized carbons (Fsp3) is 0.381. The highest BCUT2D eigenvalue weighted by Gasteiger charge is 2.37. The van der Waals surface area contributed by atoms with Gasteiger partial charge in [0.15, 0.2) is 0 Å². The second-order valence-corrected chi connectivity index (χ2v) is 10.1. The molecule has 0 aliphatic carbocycles. The largest absolute Gasteiger partial charge is 0.355 e. The highest BCUT2D eigenvalue weighted by Crippen LogP contribution is 2.26. The van der Waals surface area contributed by atoms with Gasteiger partial charge in [0, 0.05) is 18.0 Å². The molecule has 1 amide bonds. The summed E-state index contributed by atoms with van der Waals surface area (Å²) >= 11 is 1.75. The van der Waals surface area contributed by atoms with Crippen LogP contribution in [-0.2, 0) is 27.8 Å². The molecule has 1 atom stereocenters. The third-order valence-corrected chi connectivity index (χ3v) is 7.79. The van der Waals surface area contributed by atoms with Crippen molar-refractivity contribution in [2.45, 2.75) is 37.2 Å². The Morgan fingerprint density at radius 3 is 2.50 bits per heavy atom. The van der Waals surface area contributed by atoms with Gasteiger partial charge in [-0.1, -0.05) is 42.5 Å². The molecule has 5 nitrogen and oxygen atoms in total. The van der Waals surface area contributed by atoms with Gasteiger partial charge in [0.2, 0.25) is 15.9 Å². The second-order valence-electron chi connectivity index (χ2n) is 6.74. The molecule has 3 rings (SSSR count). The lowest BCUT2D eigenvalue weighted by atomic mass is 9.95. The SMILES string of the molecule is CCS(=O)(=O)N1Cc2ccccc2C[C@H]1C(=O)NCCCSc1ccccc1. The average molecular weight is 419 g/mol. The van der Waals surface area contributed by atoms with Gasteiger partial charge in [0.05, 0.1) is 5.75 Å². The molecule has 0 unspecified atom stereocenters. The molecular formula is C21H26N2O3S2. The Morgan fingerprint density at radius 1 is 1.11 bits per heavy atom. The first-order valence-corrected chi connectivity index (χ1v) is 12.1. The minimum absolute atomic E-state index is 0.00728. The van der Waals surface area contributed by atoms with Crippen molar-refractivity contribution in [3.8, 4) is 0 Å². The molecule has 1 aliphatic heterocycles. The third kappa shape index (κ3) is 5.16. The van der Waals surface area contributed by atoms with Crippen LogP contribution in [0.2, 0.25) is 0 Å². The van der Waals surface area contributed by atoms with Gasteiger partial charge in [-0.05, 0) is 48.8 Å². The molecule has 0 saturated heterocycles. The van der Waals surface area contributed by atoms with Gasteiger partial charge in [-0.15, -0.1) is 11.8 Å². The Balaban J connectivity index is 1.58. The molecule has 0 spiro atoms. The number of fused-ring (bicyclic) bond motifs is 1. The first kappa shape index (κ1) is 20.9. The summed E-state index contributed by atoms with van der Waals surface area (Å²) in [5.74, 6) is 0.678. The maximum absolute atomic E-state index is 12.8. The normalized spacial score (nSPS) is 17.1. The number of nitrogens with one attached hydrogen (secondary N) is 1. The van der Waals surface area contributed by atoms with E-state index in [-0.39, 0.29) is 18.2 Å². The molecule has 150 valence electrons. The summed E-state index contributed by atoms with van der Waals surface area (Å²) in [7, 11) is -3.46. The molecule has 7 heteroatoms. The van der Waals surface area contributed by atoms with Gasteiger partial charge in [0.25, 0.3) is 0 Å². The van der Waals surface area contributed by atoms with E-state index in [2.05, 4.69) is 17.4 Å². The van der Waals surface area contributed by atoms with E-state index in [1.54, 1.807) is 18.7 Å². The molecule has 1 N–H and O–H groups in total. The molecule has 0 saturated carbocycles. The van der Waals surface area contributed by atoms with Crippen LogP contribution in [0.15, 0.2) is 59.5 Å². The van der Waals surface area contributed by atoms with Gasteiger partial charge in [-0.3, -0.25) is 4.79 Å². The second kappa shape index (κ2) is 9.58. The molecule has 2 aromatic rings. The monoisotopic (exact) mass is 418 g/mol. The number of hydrogen-bond donors (Lipinski definition) is 1. The van der Waals surface area contributed by atoms with Crippen LogP contribution < -0.4 is 5.32 Å². The van der Waals surface area contributed by atoms with E-state index in [1.165, 1.54) is 9.20 Å². The zero-order chi connectivity index (χ0) is 20.0.